The van der Waals surface area contributed by atoms with Crippen LogP contribution in [0.25, 0.3) is 0 Å². The number of hydrogen-bond acceptors (Lipinski definition) is 4. The largest absolute Gasteiger partial charge is 0.488 e. The van der Waals surface area contributed by atoms with E-state index < -0.39 is 0 Å². The van der Waals surface area contributed by atoms with Gasteiger partial charge in [-0.25, -0.2) is 0 Å². The summed E-state index contributed by atoms with van der Waals surface area (Å²) in [7, 11) is 0. The fourth-order valence-corrected chi connectivity index (χ4v) is 2.64. The lowest BCUT2D eigenvalue weighted by Crippen LogP contribution is -2.34. The van der Waals surface area contributed by atoms with Gasteiger partial charge in [0.2, 0.25) is 0 Å². The van der Waals surface area contributed by atoms with Crippen LogP contribution < -0.4 is 10.1 Å². The van der Waals surface area contributed by atoms with Crippen LogP contribution in [0.4, 0.5) is 5.69 Å². The van der Waals surface area contributed by atoms with Gasteiger partial charge in [-0.15, -0.1) is 0 Å². The minimum atomic E-state index is -0.337. The fourth-order valence-electron chi connectivity index (χ4n) is 2.64. The number of aliphatic hydroxyl groups is 1. The third-order valence-corrected chi connectivity index (χ3v) is 3.86. The topological polar surface area (TPSA) is 54.6 Å². The predicted molar refractivity (Wildman–Crippen MR) is 81.4 cm³/mol. The lowest BCUT2D eigenvalue weighted by atomic mass is 9.95. The Hall–Kier alpha value is -1.94. The number of furan rings is 1. The molecule has 2 aromatic rings. The smallest absolute Gasteiger partial charge is 0.124 e. The van der Waals surface area contributed by atoms with E-state index in [0.717, 1.165) is 42.9 Å². The number of anilines is 1. The summed E-state index contributed by atoms with van der Waals surface area (Å²) in [6.45, 7) is 0.661. The monoisotopic (exact) mass is 287 g/mol. The molecular formula is C17H21NO3. The number of benzene rings is 1. The highest BCUT2D eigenvalue weighted by Crippen LogP contribution is 2.25. The van der Waals surface area contributed by atoms with Crippen LogP contribution in [-0.2, 0) is 6.54 Å². The second kappa shape index (κ2) is 6.68. The molecule has 1 aromatic carbocycles. The van der Waals surface area contributed by atoms with E-state index in [1.807, 2.05) is 36.4 Å². The standard InChI is InChI=1S/C17H21NO3/c19-16-5-1-2-6-17(16)21-14-9-7-13(8-10-14)18-12-15-4-3-11-20-15/h3-4,7-11,16-19H,1-2,5-6,12H2. The molecule has 0 amide bonds. The zero-order valence-corrected chi connectivity index (χ0v) is 12.0. The molecule has 2 unspecified atom stereocenters. The van der Waals surface area contributed by atoms with Crippen molar-refractivity contribution in [3.05, 3.63) is 48.4 Å². The van der Waals surface area contributed by atoms with Crippen molar-refractivity contribution in [3.63, 3.8) is 0 Å². The van der Waals surface area contributed by atoms with Crippen molar-refractivity contribution >= 4 is 5.69 Å². The van der Waals surface area contributed by atoms with Crippen LogP contribution in [0.15, 0.2) is 47.1 Å². The van der Waals surface area contributed by atoms with Crippen LogP contribution in [0.2, 0.25) is 0 Å². The molecule has 1 aromatic heterocycles. The van der Waals surface area contributed by atoms with Crippen LogP contribution in [0.5, 0.6) is 5.75 Å². The molecule has 4 nitrogen and oxygen atoms in total. The minimum absolute atomic E-state index is 0.0688. The Morgan fingerprint density at radius 2 is 1.95 bits per heavy atom. The first-order chi connectivity index (χ1) is 10.3. The van der Waals surface area contributed by atoms with E-state index in [1.54, 1.807) is 6.26 Å². The number of hydrogen-bond donors (Lipinski definition) is 2. The molecule has 112 valence electrons. The van der Waals surface area contributed by atoms with Crippen molar-refractivity contribution in [2.75, 3.05) is 5.32 Å². The van der Waals surface area contributed by atoms with Gasteiger partial charge in [-0.2, -0.15) is 0 Å². The molecule has 1 saturated carbocycles. The molecule has 0 saturated heterocycles. The SMILES string of the molecule is OC1CCCCC1Oc1ccc(NCc2ccco2)cc1. The third kappa shape index (κ3) is 3.79. The van der Waals surface area contributed by atoms with Gasteiger partial charge in [0.1, 0.15) is 17.6 Å². The molecule has 0 radical (unpaired) electrons. The first-order valence-corrected chi connectivity index (χ1v) is 7.52. The Bertz CT molecular complexity index is 536. The van der Waals surface area contributed by atoms with E-state index in [1.165, 1.54) is 0 Å². The molecule has 21 heavy (non-hydrogen) atoms. The third-order valence-electron chi connectivity index (χ3n) is 3.86. The maximum atomic E-state index is 9.93. The second-order valence-electron chi connectivity index (χ2n) is 5.47. The second-order valence-corrected chi connectivity index (χ2v) is 5.47. The molecule has 1 aliphatic rings. The quantitative estimate of drug-likeness (QED) is 0.882. The van der Waals surface area contributed by atoms with E-state index in [9.17, 15) is 5.11 Å². The summed E-state index contributed by atoms with van der Waals surface area (Å²) in [4.78, 5) is 0. The highest BCUT2D eigenvalue weighted by atomic mass is 16.5. The fraction of sp³-hybridized carbons (Fsp3) is 0.412. The first kappa shape index (κ1) is 14.0. The Kier molecular flexibility index (Phi) is 4.46. The molecule has 1 fully saturated rings. The van der Waals surface area contributed by atoms with Gasteiger partial charge >= 0.3 is 0 Å². The average Bonchev–Trinajstić information content (AvgIpc) is 3.02. The summed E-state index contributed by atoms with van der Waals surface area (Å²) in [5.41, 5.74) is 1.02. The Morgan fingerprint density at radius 1 is 1.14 bits per heavy atom. The molecule has 1 aliphatic carbocycles. The summed E-state index contributed by atoms with van der Waals surface area (Å²) in [6.07, 6.45) is 5.26. The molecule has 4 heteroatoms. The molecule has 0 bridgehead atoms. The predicted octanol–water partition coefficient (Wildman–Crippen LogP) is 3.57. The van der Waals surface area contributed by atoms with Gasteiger partial charge in [0.05, 0.1) is 18.9 Å². The molecule has 2 atom stereocenters. The van der Waals surface area contributed by atoms with Gasteiger partial charge in [-0.05, 0) is 55.7 Å². The lowest BCUT2D eigenvalue weighted by Gasteiger charge is -2.28. The van der Waals surface area contributed by atoms with Crippen molar-refractivity contribution in [2.24, 2.45) is 0 Å². The normalized spacial score (nSPS) is 22.0. The van der Waals surface area contributed by atoms with Crippen molar-refractivity contribution in [3.8, 4) is 5.75 Å². The Balaban J connectivity index is 1.53. The highest BCUT2D eigenvalue weighted by Gasteiger charge is 2.24. The van der Waals surface area contributed by atoms with Crippen molar-refractivity contribution in [1.29, 1.82) is 0 Å². The van der Waals surface area contributed by atoms with Crippen molar-refractivity contribution in [1.82, 2.24) is 0 Å². The average molecular weight is 287 g/mol. The van der Waals surface area contributed by atoms with E-state index in [0.29, 0.717) is 6.54 Å². The highest BCUT2D eigenvalue weighted by molar-refractivity contribution is 5.46. The molecular weight excluding hydrogens is 266 g/mol. The van der Waals surface area contributed by atoms with Crippen molar-refractivity contribution in [2.45, 2.75) is 44.4 Å². The summed E-state index contributed by atoms with van der Waals surface area (Å²) < 4.78 is 11.2. The van der Waals surface area contributed by atoms with E-state index >= 15 is 0 Å². The first-order valence-electron chi connectivity index (χ1n) is 7.52. The van der Waals surface area contributed by atoms with E-state index in [-0.39, 0.29) is 12.2 Å². The summed E-state index contributed by atoms with van der Waals surface area (Å²) in [6, 6.07) is 11.6. The van der Waals surface area contributed by atoms with Gasteiger partial charge in [0.25, 0.3) is 0 Å². The number of aliphatic hydroxyl groups excluding tert-OH is 1. The van der Waals surface area contributed by atoms with Gasteiger partial charge in [-0.3, -0.25) is 0 Å². The molecule has 0 spiro atoms. The molecule has 1 heterocycles. The van der Waals surface area contributed by atoms with Crippen molar-refractivity contribution < 1.29 is 14.3 Å². The van der Waals surface area contributed by atoms with Crippen LogP contribution in [0.1, 0.15) is 31.4 Å². The maximum Gasteiger partial charge on any atom is 0.124 e. The minimum Gasteiger partial charge on any atom is -0.488 e. The Labute approximate surface area is 124 Å². The van der Waals surface area contributed by atoms with Crippen LogP contribution >= 0.6 is 0 Å². The lowest BCUT2D eigenvalue weighted by molar-refractivity contribution is 0.00688. The number of nitrogens with one attached hydrogen (secondary N) is 1. The van der Waals surface area contributed by atoms with Crippen LogP contribution in [0, 0.1) is 0 Å². The van der Waals surface area contributed by atoms with Crippen LogP contribution in [0.3, 0.4) is 0 Å². The molecule has 0 aliphatic heterocycles. The number of rotatable bonds is 5. The summed E-state index contributed by atoms with van der Waals surface area (Å²) in [5, 5.41) is 13.2. The Morgan fingerprint density at radius 3 is 2.67 bits per heavy atom. The van der Waals surface area contributed by atoms with Crippen LogP contribution in [-0.4, -0.2) is 17.3 Å². The maximum absolute atomic E-state index is 9.93. The molecule has 2 N–H and O–H groups in total. The van der Waals surface area contributed by atoms with Gasteiger partial charge in [-0.1, -0.05) is 6.42 Å². The summed E-state index contributed by atoms with van der Waals surface area (Å²) in [5.74, 6) is 1.71. The van der Waals surface area contributed by atoms with Gasteiger partial charge in [0.15, 0.2) is 0 Å². The van der Waals surface area contributed by atoms with Gasteiger partial charge < -0.3 is 19.6 Å². The van der Waals surface area contributed by atoms with E-state index in [2.05, 4.69) is 5.32 Å². The molecule has 3 rings (SSSR count). The van der Waals surface area contributed by atoms with E-state index in [4.69, 9.17) is 9.15 Å². The summed E-state index contributed by atoms with van der Waals surface area (Å²) >= 11 is 0. The van der Waals surface area contributed by atoms with Gasteiger partial charge in [0, 0.05) is 5.69 Å². The number of ether oxygens (including phenoxy) is 1. The zero-order chi connectivity index (χ0) is 14.5. The zero-order valence-electron chi connectivity index (χ0n) is 12.0.